The van der Waals surface area contributed by atoms with Crippen LogP contribution in [0.4, 0.5) is 13.2 Å². The number of para-hydroxylation sites is 1. The Balaban J connectivity index is 1.93. The smallest absolute Gasteiger partial charge is 0.438 e. The highest BCUT2D eigenvalue weighted by Crippen LogP contribution is 2.35. The summed E-state index contributed by atoms with van der Waals surface area (Å²) < 4.78 is 43.3. The second-order valence-electron chi connectivity index (χ2n) is 4.35. The lowest BCUT2D eigenvalue weighted by Gasteiger charge is -2.24. The minimum atomic E-state index is -4.80. The Bertz CT molecular complexity index is 629. The molecule has 0 radical (unpaired) electrons. The van der Waals surface area contributed by atoms with Gasteiger partial charge in [-0.15, -0.1) is 0 Å². The van der Waals surface area contributed by atoms with Crippen molar-refractivity contribution in [2.75, 3.05) is 0 Å². The average Bonchev–Trinajstić information content (AvgIpc) is 2.91. The van der Waals surface area contributed by atoms with Crippen LogP contribution in [0, 0.1) is 0 Å². The van der Waals surface area contributed by atoms with Crippen LogP contribution >= 0.6 is 0 Å². The number of hydrogen-bond donors (Lipinski definition) is 2. The van der Waals surface area contributed by atoms with Crippen molar-refractivity contribution in [3.63, 3.8) is 0 Å². The minimum Gasteiger partial charge on any atom is -0.455 e. The fraction of sp³-hybridized carbons (Fsp3) is 0.250. The second kappa shape index (κ2) is 3.74. The third-order valence-electron chi connectivity index (χ3n) is 2.98. The first-order valence-corrected chi connectivity index (χ1v) is 5.51. The van der Waals surface area contributed by atoms with Crippen LogP contribution in [-0.2, 0) is 0 Å². The molecule has 0 amide bonds. The summed E-state index contributed by atoms with van der Waals surface area (Å²) in [7, 11) is 0. The Morgan fingerprint density at radius 3 is 2.68 bits per heavy atom. The van der Waals surface area contributed by atoms with Crippen molar-refractivity contribution < 1.29 is 22.7 Å². The summed E-state index contributed by atoms with van der Waals surface area (Å²) >= 11 is 0. The van der Waals surface area contributed by atoms with Gasteiger partial charge >= 0.3 is 6.18 Å². The molecule has 0 spiro atoms. The van der Waals surface area contributed by atoms with Crippen LogP contribution in [0.1, 0.15) is 12.2 Å². The zero-order valence-corrected chi connectivity index (χ0v) is 9.53. The van der Waals surface area contributed by atoms with Gasteiger partial charge in [-0.3, -0.25) is 5.43 Å². The summed E-state index contributed by atoms with van der Waals surface area (Å²) in [6, 6.07) is 8.63. The first kappa shape index (κ1) is 12.0. The van der Waals surface area contributed by atoms with Crippen molar-refractivity contribution in [1.82, 2.24) is 5.43 Å². The van der Waals surface area contributed by atoms with Gasteiger partial charge in [0, 0.05) is 5.39 Å². The van der Waals surface area contributed by atoms with E-state index in [4.69, 9.17) is 4.42 Å². The molecule has 1 aromatic carbocycles. The third kappa shape index (κ3) is 1.86. The molecule has 0 bridgehead atoms. The van der Waals surface area contributed by atoms with Crippen molar-refractivity contribution >= 4 is 16.7 Å². The molecule has 3 rings (SSSR count). The van der Waals surface area contributed by atoms with Gasteiger partial charge in [0.25, 0.3) is 5.72 Å². The van der Waals surface area contributed by atoms with Gasteiger partial charge in [-0.25, -0.2) is 0 Å². The van der Waals surface area contributed by atoms with E-state index in [1.807, 2.05) is 0 Å². The maximum Gasteiger partial charge on any atom is 0.438 e. The number of fused-ring (bicyclic) bond motifs is 1. The van der Waals surface area contributed by atoms with Crippen LogP contribution in [0.3, 0.4) is 0 Å². The van der Waals surface area contributed by atoms with Gasteiger partial charge in [-0.2, -0.15) is 18.3 Å². The Morgan fingerprint density at radius 1 is 1.32 bits per heavy atom. The molecule has 7 heteroatoms. The molecule has 2 heterocycles. The van der Waals surface area contributed by atoms with Gasteiger partial charge in [-0.05, 0) is 12.1 Å². The largest absolute Gasteiger partial charge is 0.455 e. The topological polar surface area (TPSA) is 57.8 Å². The van der Waals surface area contributed by atoms with Crippen molar-refractivity contribution in [3.05, 3.63) is 36.1 Å². The van der Waals surface area contributed by atoms with Crippen molar-refractivity contribution in [3.8, 4) is 0 Å². The number of halogens is 3. The first-order chi connectivity index (χ1) is 8.89. The fourth-order valence-corrected chi connectivity index (χ4v) is 1.91. The van der Waals surface area contributed by atoms with Gasteiger partial charge in [-0.1, -0.05) is 18.2 Å². The van der Waals surface area contributed by atoms with Crippen LogP contribution in [0.5, 0.6) is 0 Å². The number of aliphatic hydroxyl groups is 1. The van der Waals surface area contributed by atoms with Crippen LogP contribution in [0.2, 0.25) is 0 Å². The van der Waals surface area contributed by atoms with Gasteiger partial charge < -0.3 is 9.52 Å². The highest BCUT2D eigenvalue weighted by molar-refractivity contribution is 6.02. The lowest BCUT2D eigenvalue weighted by atomic mass is 10.1. The molecule has 1 unspecified atom stereocenters. The van der Waals surface area contributed by atoms with Gasteiger partial charge in [0.05, 0.1) is 6.42 Å². The molecule has 1 atom stereocenters. The molecule has 0 fully saturated rings. The molecule has 1 aliphatic heterocycles. The van der Waals surface area contributed by atoms with Crippen molar-refractivity contribution in [1.29, 1.82) is 0 Å². The second-order valence-corrected chi connectivity index (χ2v) is 4.35. The molecular weight excluding hydrogens is 261 g/mol. The standard InChI is InChI=1S/C12H9F3N2O2/c13-12(14,15)11(18)6-8(16-17-11)10-5-7-3-1-2-4-9(7)19-10/h1-5,17-18H,6H2. The molecule has 0 saturated heterocycles. The Labute approximate surface area is 105 Å². The number of benzene rings is 1. The van der Waals surface area contributed by atoms with E-state index in [2.05, 4.69) is 5.10 Å². The molecular formula is C12H9F3N2O2. The molecule has 2 aromatic rings. The predicted molar refractivity (Wildman–Crippen MR) is 61.5 cm³/mol. The molecule has 0 saturated carbocycles. The maximum absolute atomic E-state index is 12.6. The molecule has 4 nitrogen and oxygen atoms in total. The molecule has 1 aromatic heterocycles. The zero-order valence-electron chi connectivity index (χ0n) is 9.53. The van der Waals surface area contributed by atoms with Crippen LogP contribution in [0.15, 0.2) is 39.9 Å². The lowest BCUT2D eigenvalue weighted by Crippen LogP contribution is -2.52. The molecule has 1 aliphatic rings. The number of furan rings is 1. The van der Waals surface area contributed by atoms with E-state index in [1.165, 1.54) is 0 Å². The predicted octanol–water partition coefficient (Wildman–Crippen LogP) is 2.38. The Hall–Kier alpha value is -2.02. The molecule has 0 aliphatic carbocycles. The van der Waals surface area contributed by atoms with Crippen LogP contribution in [0.25, 0.3) is 11.0 Å². The van der Waals surface area contributed by atoms with E-state index < -0.39 is 18.3 Å². The van der Waals surface area contributed by atoms with Gasteiger partial charge in [0.1, 0.15) is 11.3 Å². The molecule has 2 N–H and O–H groups in total. The van der Waals surface area contributed by atoms with Gasteiger partial charge in [0.15, 0.2) is 5.76 Å². The monoisotopic (exact) mass is 270 g/mol. The summed E-state index contributed by atoms with van der Waals surface area (Å²) in [5.74, 6) is 0.217. The van der Waals surface area contributed by atoms with Crippen LogP contribution < -0.4 is 5.43 Å². The molecule has 100 valence electrons. The third-order valence-corrected chi connectivity index (χ3v) is 2.98. The number of nitrogens with zero attached hydrogens (tertiary/aromatic N) is 1. The average molecular weight is 270 g/mol. The first-order valence-electron chi connectivity index (χ1n) is 5.51. The zero-order chi connectivity index (χ0) is 13.7. The summed E-state index contributed by atoms with van der Waals surface area (Å²) in [6.07, 6.45) is -5.49. The normalized spacial score (nSPS) is 23.5. The summed E-state index contributed by atoms with van der Waals surface area (Å²) in [5, 5.41) is 13.7. The quantitative estimate of drug-likeness (QED) is 0.836. The van der Waals surface area contributed by atoms with Crippen molar-refractivity contribution in [2.24, 2.45) is 5.10 Å². The lowest BCUT2D eigenvalue weighted by molar-refractivity contribution is -0.266. The van der Waals surface area contributed by atoms with E-state index in [9.17, 15) is 18.3 Å². The van der Waals surface area contributed by atoms with E-state index in [1.54, 1.807) is 35.8 Å². The number of hydrazone groups is 1. The van der Waals surface area contributed by atoms with Crippen LogP contribution in [-0.4, -0.2) is 22.7 Å². The summed E-state index contributed by atoms with van der Waals surface area (Å²) in [4.78, 5) is 0. The SMILES string of the molecule is OC1(C(F)(F)F)CC(c2cc3ccccc3o2)=NN1. The van der Waals surface area contributed by atoms with E-state index in [0.717, 1.165) is 5.39 Å². The van der Waals surface area contributed by atoms with Gasteiger partial charge in [0.2, 0.25) is 0 Å². The highest BCUT2D eigenvalue weighted by atomic mass is 19.4. The summed E-state index contributed by atoms with van der Waals surface area (Å²) in [5.41, 5.74) is -0.706. The maximum atomic E-state index is 12.6. The van der Waals surface area contributed by atoms with E-state index >= 15 is 0 Å². The highest BCUT2D eigenvalue weighted by Gasteiger charge is 2.57. The number of nitrogens with one attached hydrogen (secondary N) is 1. The number of hydrogen-bond acceptors (Lipinski definition) is 4. The van der Waals surface area contributed by atoms with Crippen molar-refractivity contribution in [2.45, 2.75) is 18.3 Å². The van der Waals surface area contributed by atoms with E-state index in [-0.39, 0.29) is 11.5 Å². The van der Waals surface area contributed by atoms with E-state index in [0.29, 0.717) is 5.58 Å². The number of alkyl halides is 3. The Kier molecular flexibility index (Phi) is 2.37. The number of rotatable bonds is 1. The minimum absolute atomic E-state index is 0.0380. The summed E-state index contributed by atoms with van der Waals surface area (Å²) in [6.45, 7) is 0. The fourth-order valence-electron chi connectivity index (χ4n) is 1.91. The Morgan fingerprint density at radius 2 is 2.05 bits per heavy atom. The molecule has 19 heavy (non-hydrogen) atoms.